The van der Waals surface area contributed by atoms with Crippen molar-refractivity contribution in [1.29, 1.82) is 5.26 Å². The summed E-state index contributed by atoms with van der Waals surface area (Å²) < 4.78 is 3.28. The van der Waals surface area contributed by atoms with Gasteiger partial charge in [-0.15, -0.1) is 0 Å². The number of nitrogens with one attached hydrogen (secondary N) is 1. The number of nitriles is 1. The van der Waals surface area contributed by atoms with Crippen LogP contribution in [-0.4, -0.2) is 38.4 Å². The van der Waals surface area contributed by atoms with Crippen LogP contribution in [0.1, 0.15) is 25.8 Å². The van der Waals surface area contributed by atoms with Crippen LogP contribution < -0.4 is 0 Å². The molecular formula is C18H18BrN5O. The number of aromatic amines is 1. The van der Waals surface area contributed by atoms with Gasteiger partial charge in [-0.3, -0.25) is 4.79 Å². The number of piperidine rings is 1. The molecule has 1 amide bonds. The Morgan fingerprint density at radius 1 is 1.52 bits per heavy atom. The molecule has 4 rings (SSSR count). The molecule has 1 aliphatic heterocycles. The van der Waals surface area contributed by atoms with Crippen molar-refractivity contribution in [1.82, 2.24) is 19.4 Å². The summed E-state index contributed by atoms with van der Waals surface area (Å²) in [4.78, 5) is 21.7. The van der Waals surface area contributed by atoms with E-state index in [1.54, 1.807) is 0 Å². The summed E-state index contributed by atoms with van der Waals surface area (Å²) in [6, 6.07) is 4.18. The predicted octanol–water partition coefficient (Wildman–Crippen LogP) is 3.60. The molecule has 6 nitrogen and oxygen atoms in total. The molecule has 0 aromatic carbocycles. The number of aromatic nitrogens is 3. The van der Waals surface area contributed by atoms with Gasteiger partial charge < -0.3 is 14.5 Å². The summed E-state index contributed by atoms with van der Waals surface area (Å²) in [7, 11) is 0. The second kappa shape index (κ2) is 6.19. The van der Waals surface area contributed by atoms with E-state index >= 15 is 0 Å². The molecule has 0 bridgehead atoms. The molecular weight excluding hydrogens is 382 g/mol. The van der Waals surface area contributed by atoms with Gasteiger partial charge in [-0.05, 0) is 34.3 Å². The molecule has 3 aromatic rings. The molecule has 1 saturated heterocycles. The summed E-state index contributed by atoms with van der Waals surface area (Å²) in [5.74, 6) is 0.360. The van der Waals surface area contributed by atoms with Crippen molar-refractivity contribution < 1.29 is 4.79 Å². The van der Waals surface area contributed by atoms with Crippen molar-refractivity contribution in [3.05, 3.63) is 29.1 Å². The first kappa shape index (κ1) is 16.2. The zero-order valence-electron chi connectivity index (χ0n) is 13.9. The zero-order valence-corrected chi connectivity index (χ0v) is 15.5. The summed E-state index contributed by atoms with van der Waals surface area (Å²) in [5, 5.41) is 11.0. The molecule has 7 heteroatoms. The van der Waals surface area contributed by atoms with Crippen molar-refractivity contribution in [3.63, 3.8) is 0 Å². The zero-order chi connectivity index (χ0) is 17.6. The van der Waals surface area contributed by atoms with E-state index in [9.17, 15) is 4.79 Å². The largest absolute Gasteiger partial charge is 0.346 e. The highest BCUT2D eigenvalue weighted by atomic mass is 79.9. The summed E-state index contributed by atoms with van der Waals surface area (Å²) in [6.45, 7) is 3.58. The van der Waals surface area contributed by atoms with Gasteiger partial charge >= 0.3 is 0 Å². The summed E-state index contributed by atoms with van der Waals surface area (Å²) in [5.41, 5.74) is 1.99. The number of fused-ring (bicyclic) bond motifs is 3. The molecule has 1 aliphatic rings. The van der Waals surface area contributed by atoms with E-state index in [2.05, 4.69) is 43.6 Å². The Balaban J connectivity index is 1.81. The number of hydrogen-bond donors (Lipinski definition) is 1. The van der Waals surface area contributed by atoms with Crippen molar-refractivity contribution in [2.24, 2.45) is 5.92 Å². The van der Waals surface area contributed by atoms with E-state index in [0.717, 1.165) is 39.4 Å². The average molecular weight is 400 g/mol. The number of pyridine rings is 1. The van der Waals surface area contributed by atoms with Crippen LogP contribution in [0.3, 0.4) is 0 Å². The van der Waals surface area contributed by atoms with Gasteiger partial charge in [0.15, 0.2) is 0 Å². The lowest BCUT2D eigenvalue weighted by molar-refractivity contribution is -0.132. The van der Waals surface area contributed by atoms with Gasteiger partial charge in [0.05, 0.1) is 17.6 Å². The van der Waals surface area contributed by atoms with E-state index < -0.39 is 0 Å². The van der Waals surface area contributed by atoms with Gasteiger partial charge in [-0.2, -0.15) is 5.26 Å². The van der Waals surface area contributed by atoms with Gasteiger partial charge in [0.2, 0.25) is 5.91 Å². The van der Waals surface area contributed by atoms with E-state index in [0.29, 0.717) is 12.5 Å². The minimum absolute atomic E-state index is 0.0524. The third-order valence-electron chi connectivity index (χ3n) is 5.19. The number of nitrogens with zero attached hydrogens (tertiary/aromatic N) is 4. The number of likely N-dealkylation sites (tertiary alicyclic amines) is 1. The van der Waals surface area contributed by atoms with Crippen LogP contribution in [0, 0.1) is 17.2 Å². The Bertz CT molecular complexity index is 998. The Morgan fingerprint density at radius 3 is 3.16 bits per heavy atom. The molecule has 0 unspecified atom stereocenters. The van der Waals surface area contributed by atoms with Crippen LogP contribution in [-0.2, 0) is 4.79 Å². The number of carbonyl (C=O) groups is 1. The van der Waals surface area contributed by atoms with Crippen molar-refractivity contribution in [2.45, 2.75) is 25.8 Å². The summed E-state index contributed by atoms with van der Waals surface area (Å²) in [6.07, 6.45) is 6.75. The first-order valence-electron chi connectivity index (χ1n) is 8.37. The Morgan fingerprint density at radius 2 is 2.36 bits per heavy atom. The molecule has 128 valence electrons. The van der Waals surface area contributed by atoms with Gasteiger partial charge in [0, 0.05) is 46.9 Å². The third-order valence-corrected chi connectivity index (χ3v) is 5.82. The van der Waals surface area contributed by atoms with E-state index in [1.165, 1.54) is 0 Å². The van der Waals surface area contributed by atoms with Crippen molar-refractivity contribution >= 4 is 43.8 Å². The number of rotatable bonds is 2. The number of hydrogen-bond acceptors (Lipinski definition) is 3. The van der Waals surface area contributed by atoms with Gasteiger partial charge in [0.25, 0.3) is 0 Å². The molecule has 2 atom stereocenters. The third kappa shape index (κ3) is 2.61. The first-order valence-corrected chi connectivity index (χ1v) is 9.16. The molecule has 0 spiro atoms. The normalized spacial score (nSPS) is 20.9. The maximum absolute atomic E-state index is 12.2. The fourth-order valence-electron chi connectivity index (χ4n) is 3.78. The lowest BCUT2D eigenvalue weighted by atomic mass is 9.93. The van der Waals surface area contributed by atoms with E-state index in [-0.39, 0.29) is 18.4 Å². The van der Waals surface area contributed by atoms with Crippen LogP contribution in [0.15, 0.2) is 29.1 Å². The van der Waals surface area contributed by atoms with Crippen LogP contribution in [0.5, 0.6) is 0 Å². The van der Waals surface area contributed by atoms with Crippen LogP contribution >= 0.6 is 15.9 Å². The predicted molar refractivity (Wildman–Crippen MR) is 98.9 cm³/mol. The highest BCUT2D eigenvalue weighted by Gasteiger charge is 2.31. The molecule has 3 aromatic heterocycles. The molecule has 0 aliphatic carbocycles. The number of carbonyl (C=O) groups excluding carboxylic acids is 1. The second-order valence-corrected chi connectivity index (χ2v) is 7.51. The van der Waals surface area contributed by atoms with Crippen molar-refractivity contribution in [3.8, 4) is 6.07 Å². The second-order valence-electron chi connectivity index (χ2n) is 6.65. The quantitative estimate of drug-likeness (QED) is 0.714. The lowest BCUT2D eigenvalue weighted by Crippen LogP contribution is -2.43. The Labute approximate surface area is 153 Å². The van der Waals surface area contributed by atoms with Crippen LogP contribution in [0.25, 0.3) is 21.9 Å². The average Bonchev–Trinajstić information content (AvgIpc) is 3.20. The maximum atomic E-state index is 12.2. The molecule has 1 N–H and O–H groups in total. The van der Waals surface area contributed by atoms with Crippen molar-refractivity contribution in [2.75, 3.05) is 13.1 Å². The maximum Gasteiger partial charge on any atom is 0.236 e. The minimum Gasteiger partial charge on any atom is -0.346 e. The molecule has 0 radical (unpaired) electrons. The SMILES string of the molecule is C[C@@H]1CCN(C(=O)CC#N)C[C@H]1n1cc(Br)c2cnc3[nH]ccc3c21. The number of amides is 1. The van der Waals surface area contributed by atoms with E-state index in [1.807, 2.05) is 29.4 Å². The summed E-state index contributed by atoms with van der Waals surface area (Å²) >= 11 is 3.65. The highest BCUT2D eigenvalue weighted by Crippen LogP contribution is 2.37. The highest BCUT2D eigenvalue weighted by molar-refractivity contribution is 9.10. The molecule has 1 fully saturated rings. The topological polar surface area (TPSA) is 77.7 Å². The van der Waals surface area contributed by atoms with Crippen LogP contribution in [0.4, 0.5) is 0 Å². The number of halogens is 1. The lowest BCUT2D eigenvalue weighted by Gasteiger charge is -2.38. The fraction of sp³-hybridized carbons (Fsp3) is 0.389. The van der Waals surface area contributed by atoms with Crippen LogP contribution in [0.2, 0.25) is 0 Å². The van der Waals surface area contributed by atoms with Gasteiger partial charge in [-0.25, -0.2) is 4.98 Å². The molecule has 25 heavy (non-hydrogen) atoms. The monoisotopic (exact) mass is 399 g/mol. The van der Waals surface area contributed by atoms with E-state index in [4.69, 9.17) is 5.26 Å². The Kier molecular flexibility index (Phi) is 4.00. The first-order chi connectivity index (χ1) is 12.1. The standard InChI is InChI=1S/C18H18BrN5O/c1-11-4-7-23(16(25)2-5-20)10-15(11)24-9-14(19)13-8-22-18-12(17(13)24)3-6-21-18/h3,6,8-9,11,15H,2,4,7,10H2,1H3,(H,21,22)/t11-,15-/m1/s1. The Hall–Kier alpha value is -2.33. The smallest absolute Gasteiger partial charge is 0.236 e. The fourth-order valence-corrected chi connectivity index (χ4v) is 4.29. The molecule has 4 heterocycles. The number of H-pyrrole nitrogens is 1. The van der Waals surface area contributed by atoms with Gasteiger partial charge in [0.1, 0.15) is 12.1 Å². The van der Waals surface area contributed by atoms with Gasteiger partial charge in [-0.1, -0.05) is 6.92 Å². The minimum atomic E-state index is -0.0802. The molecule has 0 saturated carbocycles.